The minimum absolute atomic E-state index is 0.390. The fraction of sp³-hybridized carbons (Fsp3) is 0.0909. The van der Waals surface area contributed by atoms with Crippen LogP contribution in [0.1, 0.15) is 17.4 Å². The minimum Gasteiger partial charge on any atom is -0.466 e. The van der Waals surface area contributed by atoms with E-state index in [4.69, 9.17) is 4.42 Å². The number of aliphatic hydroxyl groups is 1. The maximum absolute atomic E-state index is 13.0. The molecule has 2 aromatic rings. The van der Waals surface area contributed by atoms with Crippen molar-refractivity contribution < 1.29 is 13.9 Å². The average molecular weight is 271 g/mol. The Kier molecular flexibility index (Phi) is 2.88. The van der Waals surface area contributed by atoms with Gasteiger partial charge in [-0.25, -0.2) is 4.39 Å². The summed E-state index contributed by atoms with van der Waals surface area (Å²) in [6, 6.07) is 7.46. The molecule has 1 heterocycles. The molecule has 0 saturated carbocycles. The highest BCUT2D eigenvalue weighted by molar-refractivity contribution is 9.10. The normalized spacial score (nSPS) is 12.7. The van der Waals surface area contributed by atoms with Crippen LogP contribution in [0.4, 0.5) is 4.39 Å². The number of aliphatic hydroxyl groups excluding tert-OH is 1. The maximum atomic E-state index is 13.0. The lowest BCUT2D eigenvalue weighted by molar-refractivity contribution is 0.188. The van der Waals surface area contributed by atoms with Crippen molar-refractivity contribution in [3.8, 4) is 0 Å². The van der Waals surface area contributed by atoms with Gasteiger partial charge in [0, 0.05) is 10.0 Å². The lowest BCUT2D eigenvalue weighted by Crippen LogP contribution is -1.99. The summed E-state index contributed by atoms with van der Waals surface area (Å²) in [6.07, 6.45) is 0.510. The molecule has 0 aliphatic rings. The highest BCUT2D eigenvalue weighted by Crippen LogP contribution is 2.29. The van der Waals surface area contributed by atoms with Crippen molar-refractivity contribution in [1.29, 1.82) is 0 Å². The highest BCUT2D eigenvalue weighted by Gasteiger charge is 2.16. The smallest absolute Gasteiger partial charge is 0.138 e. The summed E-state index contributed by atoms with van der Waals surface area (Å²) in [6.45, 7) is 0. The number of hydrogen-bond acceptors (Lipinski definition) is 2. The van der Waals surface area contributed by atoms with Crippen molar-refractivity contribution >= 4 is 15.9 Å². The number of benzene rings is 1. The summed E-state index contributed by atoms with van der Waals surface area (Å²) in [5.74, 6) is 0.0000983. The SMILES string of the molecule is OC(c1ccco1)c1cc(F)ccc1Br. The van der Waals surface area contributed by atoms with Crippen molar-refractivity contribution in [2.24, 2.45) is 0 Å². The standard InChI is InChI=1S/C11H8BrFO2/c12-9-4-3-7(13)6-8(9)11(14)10-2-1-5-15-10/h1-6,11,14H. The summed E-state index contributed by atoms with van der Waals surface area (Å²) >= 11 is 3.25. The minimum atomic E-state index is -0.954. The first-order valence-corrected chi connectivity index (χ1v) is 5.14. The molecule has 15 heavy (non-hydrogen) atoms. The van der Waals surface area contributed by atoms with E-state index in [1.165, 1.54) is 18.4 Å². The fourth-order valence-electron chi connectivity index (χ4n) is 1.32. The Labute approximate surface area is 94.5 Å². The zero-order valence-electron chi connectivity index (χ0n) is 7.65. The second-order valence-electron chi connectivity index (χ2n) is 3.08. The van der Waals surface area contributed by atoms with Crippen LogP contribution in [-0.4, -0.2) is 5.11 Å². The van der Waals surface area contributed by atoms with Gasteiger partial charge in [-0.05, 0) is 30.3 Å². The Morgan fingerprint density at radius 3 is 2.80 bits per heavy atom. The first-order chi connectivity index (χ1) is 7.18. The van der Waals surface area contributed by atoms with E-state index in [-0.39, 0.29) is 5.82 Å². The van der Waals surface area contributed by atoms with E-state index in [0.717, 1.165) is 0 Å². The monoisotopic (exact) mass is 270 g/mol. The van der Waals surface area contributed by atoms with E-state index in [1.54, 1.807) is 18.2 Å². The van der Waals surface area contributed by atoms with Crippen LogP contribution < -0.4 is 0 Å². The Morgan fingerprint density at radius 2 is 2.13 bits per heavy atom. The predicted molar refractivity (Wildman–Crippen MR) is 56.9 cm³/mol. The molecule has 1 N–H and O–H groups in total. The molecule has 1 aromatic heterocycles. The van der Waals surface area contributed by atoms with Crippen LogP contribution in [0.3, 0.4) is 0 Å². The molecule has 0 radical (unpaired) electrons. The predicted octanol–water partition coefficient (Wildman–Crippen LogP) is 3.26. The summed E-state index contributed by atoms with van der Waals surface area (Å²) in [4.78, 5) is 0. The van der Waals surface area contributed by atoms with Crippen LogP contribution in [0.15, 0.2) is 45.5 Å². The molecule has 1 aromatic carbocycles. The van der Waals surface area contributed by atoms with E-state index in [0.29, 0.717) is 15.8 Å². The van der Waals surface area contributed by atoms with Crippen LogP contribution in [0.25, 0.3) is 0 Å². The van der Waals surface area contributed by atoms with Gasteiger partial charge in [-0.2, -0.15) is 0 Å². The van der Waals surface area contributed by atoms with Gasteiger partial charge in [0.2, 0.25) is 0 Å². The molecular weight excluding hydrogens is 263 g/mol. The molecule has 2 nitrogen and oxygen atoms in total. The third-order valence-corrected chi connectivity index (χ3v) is 2.79. The van der Waals surface area contributed by atoms with Gasteiger partial charge in [-0.1, -0.05) is 15.9 Å². The lowest BCUT2D eigenvalue weighted by Gasteiger charge is -2.10. The molecule has 0 bridgehead atoms. The molecular formula is C11H8BrFO2. The van der Waals surface area contributed by atoms with Crippen molar-refractivity contribution in [2.75, 3.05) is 0 Å². The van der Waals surface area contributed by atoms with Gasteiger partial charge in [0.05, 0.1) is 6.26 Å². The molecule has 4 heteroatoms. The van der Waals surface area contributed by atoms with Crippen LogP contribution in [0.5, 0.6) is 0 Å². The van der Waals surface area contributed by atoms with Gasteiger partial charge in [0.15, 0.2) is 0 Å². The Hall–Kier alpha value is -1.13. The van der Waals surface area contributed by atoms with Crippen LogP contribution >= 0.6 is 15.9 Å². The van der Waals surface area contributed by atoms with Gasteiger partial charge >= 0.3 is 0 Å². The second kappa shape index (κ2) is 4.16. The molecule has 0 saturated heterocycles. The lowest BCUT2D eigenvalue weighted by atomic mass is 10.1. The molecule has 2 rings (SSSR count). The number of rotatable bonds is 2. The van der Waals surface area contributed by atoms with Crippen molar-refractivity contribution in [2.45, 2.75) is 6.10 Å². The van der Waals surface area contributed by atoms with E-state index in [2.05, 4.69) is 15.9 Å². The van der Waals surface area contributed by atoms with Gasteiger partial charge in [0.25, 0.3) is 0 Å². The fourth-order valence-corrected chi connectivity index (χ4v) is 1.79. The molecule has 78 valence electrons. The summed E-state index contributed by atoms with van der Waals surface area (Å²) in [5, 5.41) is 9.90. The summed E-state index contributed by atoms with van der Waals surface area (Å²) in [5.41, 5.74) is 0.449. The molecule has 0 fully saturated rings. The highest BCUT2D eigenvalue weighted by atomic mass is 79.9. The van der Waals surface area contributed by atoms with Gasteiger partial charge in [-0.3, -0.25) is 0 Å². The quantitative estimate of drug-likeness (QED) is 0.909. The van der Waals surface area contributed by atoms with Crippen LogP contribution in [0.2, 0.25) is 0 Å². The Morgan fingerprint density at radius 1 is 1.33 bits per heavy atom. The molecule has 1 atom stereocenters. The number of hydrogen-bond donors (Lipinski definition) is 1. The molecule has 0 aliphatic carbocycles. The van der Waals surface area contributed by atoms with E-state index in [9.17, 15) is 9.50 Å². The zero-order chi connectivity index (χ0) is 10.8. The van der Waals surface area contributed by atoms with E-state index in [1.807, 2.05) is 0 Å². The van der Waals surface area contributed by atoms with E-state index >= 15 is 0 Å². The van der Waals surface area contributed by atoms with Crippen LogP contribution in [-0.2, 0) is 0 Å². The topological polar surface area (TPSA) is 33.4 Å². The summed E-state index contributed by atoms with van der Waals surface area (Å²) < 4.78 is 18.7. The van der Waals surface area contributed by atoms with Crippen LogP contribution in [0, 0.1) is 5.82 Å². The Balaban J connectivity index is 2.41. The number of halogens is 2. The third kappa shape index (κ3) is 2.11. The first-order valence-electron chi connectivity index (χ1n) is 4.35. The molecule has 1 unspecified atom stereocenters. The molecule has 0 amide bonds. The van der Waals surface area contributed by atoms with E-state index < -0.39 is 6.10 Å². The van der Waals surface area contributed by atoms with Gasteiger partial charge < -0.3 is 9.52 Å². The second-order valence-corrected chi connectivity index (χ2v) is 3.94. The van der Waals surface area contributed by atoms with Crippen molar-refractivity contribution in [3.05, 3.63) is 58.2 Å². The average Bonchev–Trinajstić information content (AvgIpc) is 2.74. The zero-order valence-corrected chi connectivity index (χ0v) is 9.24. The number of furan rings is 1. The van der Waals surface area contributed by atoms with Gasteiger partial charge in [0.1, 0.15) is 17.7 Å². The first kappa shape index (κ1) is 10.4. The molecule has 0 spiro atoms. The molecule has 0 aliphatic heterocycles. The maximum Gasteiger partial charge on any atom is 0.138 e. The third-order valence-electron chi connectivity index (χ3n) is 2.07. The van der Waals surface area contributed by atoms with Gasteiger partial charge in [-0.15, -0.1) is 0 Å². The largest absolute Gasteiger partial charge is 0.466 e. The van der Waals surface area contributed by atoms with Crippen molar-refractivity contribution in [3.63, 3.8) is 0 Å². The Bertz CT molecular complexity index is 454. The van der Waals surface area contributed by atoms with Crippen molar-refractivity contribution in [1.82, 2.24) is 0 Å². The summed E-state index contributed by atoms with van der Waals surface area (Å²) in [7, 11) is 0.